The summed E-state index contributed by atoms with van der Waals surface area (Å²) in [5.41, 5.74) is 0.124. The first-order valence-corrected chi connectivity index (χ1v) is 4.19. The van der Waals surface area contributed by atoms with Gasteiger partial charge < -0.3 is 0 Å². The molecule has 0 aromatic carbocycles. The molecule has 2 rings (SSSR count). The Morgan fingerprint density at radius 3 is 2.67 bits per heavy atom. The monoisotopic (exact) mass is 203 g/mol. The van der Waals surface area contributed by atoms with Crippen molar-refractivity contribution < 1.29 is 9.18 Å². The van der Waals surface area contributed by atoms with E-state index in [1.807, 2.05) is 0 Å². The zero-order valence-electron chi connectivity index (χ0n) is 7.59. The average molecular weight is 203 g/mol. The maximum absolute atomic E-state index is 13.2. The summed E-state index contributed by atoms with van der Waals surface area (Å²) in [6, 6.07) is 2.75. The van der Waals surface area contributed by atoms with Crippen LogP contribution in [-0.2, 0) is 0 Å². The average Bonchev–Trinajstić information content (AvgIpc) is 2.30. The third kappa shape index (κ3) is 1.85. The van der Waals surface area contributed by atoms with Crippen LogP contribution in [0.25, 0.3) is 0 Å². The number of halogens is 1. The number of ketones is 1. The smallest absolute Gasteiger partial charge is 0.214 e. The van der Waals surface area contributed by atoms with Gasteiger partial charge in [-0.25, -0.2) is 14.4 Å². The summed E-state index contributed by atoms with van der Waals surface area (Å²) in [6.45, 7) is 0. The van der Waals surface area contributed by atoms with Gasteiger partial charge in [0.1, 0.15) is 12.0 Å². The number of rotatable bonds is 2. The minimum atomic E-state index is -0.652. The van der Waals surface area contributed by atoms with Gasteiger partial charge in [-0.1, -0.05) is 0 Å². The molecule has 0 spiro atoms. The fourth-order valence-electron chi connectivity index (χ4n) is 1.12. The van der Waals surface area contributed by atoms with Gasteiger partial charge in [-0.3, -0.25) is 9.78 Å². The van der Waals surface area contributed by atoms with Gasteiger partial charge in [-0.05, 0) is 12.1 Å². The zero-order chi connectivity index (χ0) is 10.7. The lowest BCUT2D eigenvalue weighted by Gasteiger charge is -1.99. The van der Waals surface area contributed by atoms with E-state index in [1.165, 1.54) is 30.9 Å². The number of carbonyl (C=O) groups excluding carboxylic acids is 1. The molecule has 0 aliphatic heterocycles. The topological polar surface area (TPSA) is 55.7 Å². The molecule has 2 aromatic heterocycles. The highest BCUT2D eigenvalue weighted by Gasteiger charge is 2.14. The van der Waals surface area contributed by atoms with E-state index in [-0.39, 0.29) is 11.3 Å². The zero-order valence-corrected chi connectivity index (χ0v) is 7.59. The van der Waals surface area contributed by atoms with Crippen molar-refractivity contribution in [2.75, 3.05) is 0 Å². The van der Waals surface area contributed by atoms with Crippen LogP contribution in [0.1, 0.15) is 16.1 Å². The molecule has 0 bridgehead atoms. The third-order valence-electron chi connectivity index (χ3n) is 1.83. The SMILES string of the molecule is O=C(c1ccncn1)c1ccncc1F. The quantitative estimate of drug-likeness (QED) is 0.689. The molecule has 0 amide bonds. The molecule has 74 valence electrons. The van der Waals surface area contributed by atoms with Gasteiger partial charge in [0, 0.05) is 12.4 Å². The van der Waals surface area contributed by atoms with E-state index in [4.69, 9.17) is 0 Å². The molecule has 2 aromatic rings. The van der Waals surface area contributed by atoms with Crippen molar-refractivity contribution in [2.24, 2.45) is 0 Å². The summed E-state index contributed by atoms with van der Waals surface area (Å²) in [5.74, 6) is -1.13. The predicted octanol–water partition coefficient (Wildman–Crippen LogP) is 1.24. The lowest BCUT2D eigenvalue weighted by molar-refractivity contribution is 0.103. The Hall–Kier alpha value is -2.17. The predicted molar refractivity (Wildman–Crippen MR) is 49.7 cm³/mol. The maximum atomic E-state index is 13.2. The highest BCUT2D eigenvalue weighted by Crippen LogP contribution is 2.09. The number of nitrogens with zero attached hydrogens (tertiary/aromatic N) is 3. The summed E-state index contributed by atoms with van der Waals surface area (Å²) < 4.78 is 13.2. The second-order valence-electron chi connectivity index (χ2n) is 2.78. The van der Waals surface area contributed by atoms with Crippen LogP contribution in [0.4, 0.5) is 4.39 Å². The Kier molecular flexibility index (Phi) is 2.45. The largest absolute Gasteiger partial charge is 0.287 e. The molecule has 0 aliphatic carbocycles. The van der Waals surface area contributed by atoms with Crippen molar-refractivity contribution in [3.8, 4) is 0 Å². The maximum Gasteiger partial charge on any atom is 0.214 e. The van der Waals surface area contributed by atoms with Crippen LogP contribution in [-0.4, -0.2) is 20.7 Å². The second-order valence-corrected chi connectivity index (χ2v) is 2.78. The summed E-state index contributed by atoms with van der Waals surface area (Å²) in [6.07, 6.45) is 5.03. The lowest BCUT2D eigenvalue weighted by Crippen LogP contribution is -2.06. The molecule has 5 heteroatoms. The first-order valence-electron chi connectivity index (χ1n) is 4.19. The standard InChI is InChI=1S/C10H6FN3O/c11-8-5-12-3-1-7(8)10(15)9-2-4-13-6-14-9/h1-6H. The van der Waals surface area contributed by atoms with E-state index in [1.54, 1.807) is 0 Å². The van der Waals surface area contributed by atoms with Crippen LogP contribution in [0.15, 0.2) is 37.1 Å². The summed E-state index contributed by atoms with van der Waals surface area (Å²) in [7, 11) is 0. The molecule has 4 nitrogen and oxygen atoms in total. The summed E-state index contributed by atoms with van der Waals surface area (Å²) in [4.78, 5) is 22.7. The van der Waals surface area contributed by atoms with Crippen molar-refractivity contribution in [3.63, 3.8) is 0 Å². The molecule has 0 atom stereocenters. The molecule has 0 radical (unpaired) electrons. The van der Waals surface area contributed by atoms with Crippen LogP contribution in [0.5, 0.6) is 0 Å². The van der Waals surface area contributed by atoms with Gasteiger partial charge >= 0.3 is 0 Å². The molecule has 2 heterocycles. The van der Waals surface area contributed by atoms with Gasteiger partial charge in [-0.2, -0.15) is 0 Å². The first-order chi connectivity index (χ1) is 7.29. The normalized spacial score (nSPS) is 9.93. The molecule has 0 saturated heterocycles. The van der Waals surface area contributed by atoms with Crippen LogP contribution in [0.3, 0.4) is 0 Å². The Morgan fingerprint density at radius 1 is 1.20 bits per heavy atom. The number of aromatic nitrogens is 3. The number of pyridine rings is 1. The van der Waals surface area contributed by atoms with Gasteiger partial charge in [0.05, 0.1) is 11.8 Å². The van der Waals surface area contributed by atoms with Crippen LogP contribution < -0.4 is 0 Å². The van der Waals surface area contributed by atoms with E-state index in [0.717, 1.165) is 6.20 Å². The van der Waals surface area contributed by atoms with Crippen molar-refractivity contribution in [2.45, 2.75) is 0 Å². The fraction of sp³-hybridized carbons (Fsp3) is 0. The molecule has 15 heavy (non-hydrogen) atoms. The summed E-state index contributed by atoms with van der Waals surface area (Å²) >= 11 is 0. The minimum absolute atomic E-state index is 0.0382. The summed E-state index contributed by atoms with van der Waals surface area (Å²) in [5, 5.41) is 0. The van der Waals surface area contributed by atoms with Crippen molar-refractivity contribution in [1.29, 1.82) is 0 Å². The van der Waals surface area contributed by atoms with Crippen LogP contribution in [0.2, 0.25) is 0 Å². The molecular formula is C10H6FN3O. The number of hydrogen-bond donors (Lipinski definition) is 0. The Labute approximate surface area is 84.8 Å². The molecule has 0 unspecified atom stereocenters. The van der Waals surface area contributed by atoms with Crippen molar-refractivity contribution in [1.82, 2.24) is 15.0 Å². The van der Waals surface area contributed by atoms with Crippen molar-refractivity contribution in [3.05, 3.63) is 54.1 Å². The molecular weight excluding hydrogens is 197 g/mol. The van der Waals surface area contributed by atoms with E-state index in [0.29, 0.717) is 0 Å². The van der Waals surface area contributed by atoms with E-state index in [2.05, 4.69) is 15.0 Å². The van der Waals surface area contributed by atoms with E-state index < -0.39 is 11.6 Å². The number of hydrogen-bond acceptors (Lipinski definition) is 4. The van der Waals surface area contributed by atoms with Crippen molar-refractivity contribution >= 4 is 5.78 Å². The fourth-order valence-corrected chi connectivity index (χ4v) is 1.12. The highest BCUT2D eigenvalue weighted by atomic mass is 19.1. The molecule has 0 aliphatic rings. The Bertz CT molecular complexity index is 487. The minimum Gasteiger partial charge on any atom is -0.287 e. The van der Waals surface area contributed by atoms with Gasteiger partial charge in [-0.15, -0.1) is 0 Å². The van der Waals surface area contributed by atoms with Gasteiger partial charge in [0.25, 0.3) is 0 Å². The highest BCUT2D eigenvalue weighted by molar-refractivity contribution is 6.07. The molecule has 0 fully saturated rings. The van der Waals surface area contributed by atoms with E-state index in [9.17, 15) is 9.18 Å². The van der Waals surface area contributed by atoms with Crippen LogP contribution in [0, 0.1) is 5.82 Å². The Morgan fingerprint density at radius 2 is 2.00 bits per heavy atom. The Balaban J connectivity index is 2.42. The van der Waals surface area contributed by atoms with Gasteiger partial charge in [0.2, 0.25) is 5.78 Å². The molecule has 0 saturated carbocycles. The van der Waals surface area contributed by atoms with E-state index >= 15 is 0 Å². The first kappa shape index (κ1) is 9.39. The lowest BCUT2D eigenvalue weighted by atomic mass is 10.1. The second kappa shape index (κ2) is 3.91. The number of carbonyl (C=O) groups is 1. The van der Waals surface area contributed by atoms with Gasteiger partial charge in [0.15, 0.2) is 5.82 Å². The molecule has 0 N–H and O–H groups in total. The third-order valence-corrected chi connectivity index (χ3v) is 1.83. The van der Waals surface area contributed by atoms with Crippen LogP contribution >= 0.6 is 0 Å².